The van der Waals surface area contributed by atoms with Crippen LogP contribution in [0.5, 0.6) is 0 Å². The molecule has 2 rings (SSSR count). The summed E-state index contributed by atoms with van der Waals surface area (Å²) in [6.45, 7) is 6.35. The van der Waals surface area contributed by atoms with E-state index in [2.05, 4.69) is 32.1 Å². The van der Waals surface area contributed by atoms with E-state index in [4.69, 9.17) is 0 Å². The number of hydrogen-bond donors (Lipinski definition) is 0. The molecule has 0 radical (unpaired) electrons. The Bertz CT molecular complexity index is 520. The molecule has 1 saturated carbocycles. The highest BCUT2D eigenvalue weighted by atomic mass is 16.1. The second-order valence-electron chi connectivity index (χ2n) is 6.31. The van der Waals surface area contributed by atoms with Gasteiger partial charge in [0, 0.05) is 5.92 Å². The average Bonchev–Trinajstić information content (AvgIpc) is 2.39. The third-order valence-corrected chi connectivity index (χ3v) is 4.21. The van der Waals surface area contributed by atoms with Crippen LogP contribution in [-0.4, -0.2) is 5.78 Å². The maximum absolute atomic E-state index is 12.5. The molecular formula is C19H24O. The van der Waals surface area contributed by atoms with Crippen LogP contribution in [0, 0.1) is 11.3 Å². The molecule has 1 atom stereocenters. The van der Waals surface area contributed by atoms with Gasteiger partial charge in [0.15, 0.2) is 5.78 Å². The van der Waals surface area contributed by atoms with Crippen LogP contribution >= 0.6 is 0 Å². The van der Waals surface area contributed by atoms with Gasteiger partial charge in [-0.15, -0.1) is 0 Å². The Morgan fingerprint density at radius 1 is 1.25 bits per heavy atom. The molecule has 1 aromatic rings. The van der Waals surface area contributed by atoms with Gasteiger partial charge in [-0.2, -0.15) is 0 Å². The molecule has 0 bridgehead atoms. The van der Waals surface area contributed by atoms with Crippen molar-refractivity contribution in [3.05, 3.63) is 53.6 Å². The van der Waals surface area contributed by atoms with Crippen LogP contribution in [0.3, 0.4) is 0 Å². The highest BCUT2D eigenvalue weighted by Gasteiger charge is 2.38. The molecule has 0 aromatic heterocycles. The molecule has 106 valence electrons. The molecule has 0 amide bonds. The summed E-state index contributed by atoms with van der Waals surface area (Å²) >= 11 is 0. The van der Waals surface area contributed by atoms with Gasteiger partial charge >= 0.3 is 0 Å². The van der Waals surface area contributed by atoms with Gasteiger partial charge in [0.25, 0.3) is 0 Å². The summed E-state index contributed by atoms with van der Waals surface area (Å²) in [5.74, 6) is 0.270. The fourth-order valence-electron chi connectivity index (χ4n) is 3.29. The van der Waals surface area contributed by atoms with E-state index in [0.717, 1.165) is 12.8 Å². The summed E-state index contributed by atoms with van der Waals surface area (Å²) in [4.78, 5) is 12.5. The Labute approximate surface area is 122 Å². The summed E-state index contributed by atoms with van der Waals surface area (Å²) in [7, 11) is 0. The van der Waals surface area contributed by atoms with E-state index < -0.39 is 0 Å². The number of allylic oxidation sites excluding steroid dienone is 3. The molecule has 1 aliphatic carbocycles. The van der Waals surface area contributed by atoms with Crippen molar-refractivity contribution in [2.24, 2.45) is 11.3 Å². The number of carbonyl (C=O) groups excluding carboxylic acids is 1. The Balaban J connectivity index is 2.38. The van der Waals surface area contributed by atoms with Gasteiger partial charge in [0.2, 0.25) is 0 Å². The SMILES string of the molecule is CC=CC(=O)C1C(=Cc2ccccc2)CCCC1(C)C. The summed E-state index contributed by atoms with van der Waals surface area (Å²) in [6.07, 6.45) is 9.13. The predicted octanol–water partition coefficient (Wildman–Crippen LogP) is 5.04. The molecular weight excluding hydrogens is 244 g/mol. The van der Waals surface area contributed by atoms with Gasteiger partial charge in [-0.3, -0.25) is 4.79 Å². The molecule has 1 aromatic carbocycles. The second kappa shape index (κ2) is 6.21. The monoisotopic (exact) mass is 268 g/mol. The first-order chi connectivity index (χ1) is 9.54. The van der Waals surface area contributed by atoms with Crippen LogP contribution in [0.15, 0.2) is 48.1 Å². The maximum Gasteiger partial charge on any atom is 0.163 e. The number of ketones is 1. The van der Waals surface area contributed by atoms with Gasteiger partial charge < -0.3 is 0 Å². The van der Waals surface area contributed by atoms with Crippen LogP contribution in [-0.2, 0) is 4.79 Å². The zero-order valence-corrected chi connectivity index (χ0v) is 12.7. The zero-order valence-electron chi connectivity index (χ0n) is 12.7. The Morgan fingerprint density at radius 3 is 2.60 bits per heavy atom. The maximum atomic E-state index is 12.5. The molecule has 1 fully saturated rings. The lowest BCUT2D eigenvalue weighted by Crippen LogP contribution is -2.35. The van der Waals surface area contributed by atoms with Gasteiger partial charge in [-0.25, -0.2) is 0 Å². The van der Waals surface area contributed by atoms with Crippen LogP contribution in [0.25, 0.3) is 6.08 Å². The Morgan fingerprint density at radius 2 is 1.95 bits per heavy atom. The van der Waals surface area contributed by atoms with E-state index in [9.17, 15) is 4.79 Å². The molecule has 1 nitrogen and oxygen atoms in total. The van der Waals surface area contributed by atoms with Crippen molar-refractivity contribution < 1.29 is 4.79 Å². The lowest BCUT2D eigenvalue weighted by atomic mass is 9.64. The second-order valence-corrected chi connectivity index (χ2v) is 6.31. The quantitative estimate of drug-likeness (QED) is 0.702. The van der Waals surface area contributed by atoms with E-state index in [1.54, 1.807) is 6.08 Å². The van der Waals surface area contributed by atoms with Crippen molar-refractivity contribution >= 4 is 11.9 Å². The molecule has 1 aliphatic rings. The van der Waals surface area contributed by atoms with E-state index in [-0.39, 0.29) is 17.1 Å². The van der Waals surface area contributed by atoms with Crippen LogP contribution in [0.2, 0.25) is 0 Å². The van der Waals surface area contributed by atoms with Crippen molar-refractivity contribution in [2.75, 3.05) is 0 Å². The topological polar surface area (TPSA) is 17.1 Å². The predicted molar refractivity (Wildman–Crippen MR) is 85.4 cm³/mol. The third kappa shape index (κ3) is 3.27. The van der Waals surface area contributed by atoms with Crippen molar-refractivity contribution in [1.29, 1.82) is 0 Å². The van der Waals surface area contributed by atoms with Gasteiger partial charge in [-0.05, 0) is 43.2 Å². The molecule has 0 spiro atoms. The average molecular weight is 268 g/mol. The smallest absolute Gasteiger partial charge is 0.163 e. The van der Waals surface area contributed by atoms with Gasteiger partial charge in [0.05, 0.1) is 0 Å². The highest BCUT2D eigenvalue weighted by molar-refractivity contribution is 5.95. The molecule has 1 unspecified atom stereocenters. The third-order valence-electron chi connectivity index (χ3n) is 4.21. The molecule has 0 aliphatic heterocycles. The fraction of sp³-hybridized carbons (Fsp3) is 0.421. The van der Waals surface area contributed by atoms with E-state index in [1.807, 2.05) is 31.2 Å². The normalized spacial score (nSPS) is 24.1. The minimum absolute atomic E-state index is 0.0210. The molecule has 20 heavy (non-hydrogen) atoms. The number of hydrogen-bond acceptors (Lipinski definition) is 1. The van der Waals surface area contributed by atoms with Gasteiger partial charge in [0.1, 0.15) is 0 Å². The minimum Gasteiger partial charge on any atom is -0.294 e. The van der Waals surface area contributed by atoms with E-state index >= 15 is 0 Å². The molecule has 1 heteroatoms. The lowest BCUT2D eigenvalue weighted by molar-refractivity contribution is -0.120. The highest BCUT2D eigenvalue weighted by Crippen LogP contribution is 2.45. The molecule has 0 saturated heterocycles. The summed E-state index contributed by atoms with van der Waals surface area (Å²) in [5, 5.41) is 0. The zero-order chi connectivity index (χ0) is 14.6. The number of rotatable bonds is 3. The first kappa shape index (κ1) is 14.8. The summed E-state index contributed by atoms with van der Waals surface area (Å²) in [5.41, 5.74) is 2.53. The van der Waals surface area contributed by atoms with Crippen molar-refractivity contribution in [3.63, 3.8) is 0 Å². The fourth-order valence-corrected chi connectivity index (χ4v) is 3.29. The molecule has 0 heterocycles. The number of benzene rings is 1. The Hall–Kier alpha value is -1.63. The van der Waals surface area contributed by atoms with Crippen LogP contribution in [0.1, 0.15) is 45.6 Å². The first-order valence-corrected chi connectivity index (χ1v) is 7.46. The summed E-state index contributed by atoms with van der Waals surface area (Å²) in [6, 6.07) is 10.3. The van der Waals surface area contributed by atoms with Crippen molar-refractivity contribution in [2.45, 2.75) is 40.0 Å². The van der Waals surface area contributed by atoms with Crippen molar-refractivity contribution in [3.8, 4) is 0 Å². The first-order valence-electron chi connectivity index (χ1n) is 7.46. The van der Waals surface area contributed by atoms with E-state index in [1.165, 1.54) is 17.6 Å². The Kier molecular flexibility index (Phi) is 4.59. The largest absolute Gasteiger partial charge is 0.294 e. The number of carbonyl (C=O) groups is 1. The molecule has 0 N–H and O–H groups in total. The van der Waals surface area contributed by atoms with Crippen LogP contribution in [0.4, 0.5) is 0 Å². The summed E-state index contributed by atoms with van der Waals surface area (Å²) < 4.78 is 0. The lowest BCUT2D eigenvalue weighted by Gasteiger charge is -2.39. The minimum atomic E-state index is 0.0210. The van der Waals surface area contributed by atoms with E-state index in [0.29, 0.717) is 0 Å². The standard InChI is InChI=1S/C19H24O/c1-4-9-17(20)18-16(12-8-13-19(18,2)3)14-15-10-6-5-7-11-15/h4-7,9-11,14,18H,8,12-13H2,1-3H3. The van der Waals surface area contributed by atoms with Crippen molar-refractivity contribution in [1.82, 2.24) is 0 Å². The van der Waals surface area contributed by atoms with Gasteiger partial charge in [-0.1, -0.05) is 61.9 Å². The van der Waals surface area contributed by atoms with Crippen LogP contribution < -0.4 is 0 Å².